The minimum Gasteiger partial charge on any atom is -0.386 e. The van der Waals surface area contributed by atoms with Gasteiger partial charge in [-0.15, -0.1) is 5.10 Å². The molecular weight excluding hydrogens is 506 g/mol. The second-order valence-electron chi connectivity index (χ2n) is 8.63. The lowest BCUT2D eigenvalue weighted by Gasteiger charge is -2.22. The van der Waals surface area contributed by atoms with Crippen LogP contribution < -0.4 is 15.5 Å². The van der Waals surface area contributed by atoms with Crippen molar-refractivity contribution in [1.29, 1.82) is 0 Å². The number of nitrogens with one attached hydrogen (secondary N) is 2. The number of hydrogen-bond donors (Lipinski definition) is 3. The molecule has 0 unspecified atom stereocenters. The molecule has 6 rings (SSSR count). The summed E-state index contributed by atoms with van der Waals surface area (Å²) in [6.45, 7) is -0.0914. The maximum absolute atomic E-state index is 14.1. The molecule has 0 radical (unpaired) electrons. The molecule has 3 heterocycles. The minimum atomic E-state index is -1.06. The van der Waals surface area contributed by atoms with Gasteiger partial charge in [-0.1, -0.05) is 16.8 Å². The highest BCUT2D eigenvalue weighted by molar-refractivity contribution is 6.31. The van der Waals surface area contributed by atoms with Crippen molar-refractivity contribution in [2.75, 3.05) is 16.8 Å². The number of aliphatic hydroxyl groups is 1. The summed E-state index contributed by atoms with van der Waals surface area (Å²) in [7, 11) is 0. The molecule has 0 aliphatic carbocycles. The van der Waals surface area contributed by atoms with E-state index in [0.29, 0.717) is 22.5 Å². The van der Waals surface area contributed by atoms with Crippen molar-refractivity contribution in [3.05, 3.63) is 99.8 Å². The summed E-state index contributed by atoms with van der Waals surface area (Å²) in [5, 5.41) is 24.0. The molecule has 12 heteroatoms. The molecule has 4 aromatic rings. The van der Waals surface area contributed by atoms with E-state index in [2.05, 4.69) is 20.9 Å². The molecule has 3 aromatic carbocycles. The Labute approximate surface area is 213 Å². The molecule has 2 atom stereocenters. The average Bonchev–Trinajstić information content (AvgIpc) is 3.60. The van der Waals surface area contributed by atoms with Gasteiger partial charge in [0.15, 0.2) is 0 Å². The summed E-state index contributed by atoms with van der Waals surface area (Å²) >= 11 is 6.36. The standard InChI is InChI=1S/C25H17ClF2N6O3/c26-18-3-1-12(27)7-15(18)23-22-17(24(36)31-23)9-14(34-6-5-29-32-34)10-19(22)30-25(37)33-11-21(35)16-8-13(28)2-4-20(16)33/h1-10,21,23,35H,11H2,(H,30,37)(H,31,36)/t21-,23+/m1/s1. The van der Waals surface area contributed by atoms with Crippen molar-refractivity contribution >= 4 is 34.9 Å². The molecule has 37 heavy (non-hydrogen) atoms. The lowest BCUT2D eigenvalue weighted by atomic mass is 9.95. The Hall–Kier alpha value is -4.35. The summed E-state index contributed by atoms with van der Waals surface area (Å²) in [6.07, 6.45) is 1.97. The number of aromatic nitrogens is 3. The number of nitrogens with zero attached hydrogens (tertiary/aromatic N) is 4. The molecule has 9 nitrogen and oxygen atoms in total. The largest absolute Gasteiger partial charge is 0.386 e. The number of urea groups is 1. The first kappa shape index (κ1) is 23.1. The molecule has 2 aliphatic heterocycles. The van der Waals surface area contributed by atoms with E-state index in [0.717, 1.165) is 0 Å². The van der Waals surface area contributed by atoms with Gasteiger partial charge >= 0.3 is 6.03 Å². The second-order valence-corrected chi connectivity index (χ2v) is 9.04. The molecule has 3 N–H and O–H groups in total. The van der Waals surface area contributed by atoms with Crippen LogP contribution in [0.1, 0.15) is 39.2 Å². The molecule has 0 saturated carbocycles. The van der Waals surface area contributed by atoms with Crippen LogP contribution in [0, 0.1) is 11.6 Å². The first-order chi connectivity index (χ1) is 17.8. The smallest absolute Gasteiger partial charge is 0.326 e. The maximum Gasteiger partial charge on any atom is 0.326 e. The maximum atomic E-state index is 14.1. The summed E-state index contributed by atoms with van der Waals surface area (Å²) < 4.78 is 29.3. The number of anilines is 2. The molecule has 3 amide bonds. The third kappa shape index (κ3) is 3.88. The topological polar surface area (TPSA) is 112 Å². The molecule has 186 valence electrons. The SMILES string of the molecule is O=C1N[C@@H](c2cc(F)ccc2Cl)c2c(NC(=O)N3C[C@@H](O)c4cc(F)ccc43)cc(-n3ccnn3)cc21. The number of fused-ring (bicyclic) bond motifs is 2. The van der Waals surface area contributed by atoms with E-state index in [9.17, 15) is 23.5 Å². The van der Waals surface area contributed by atoms with E-state index in [1.54, 1.807) is 18.3 Å². The molecule has 2 aliphatic rings. The van der Waals surface area contributed by atoms with Crippen molar-refractivity contribution in [3.8, 4) is 5.69 Å². The predicted molar refractivity (Wildman–Crippen MR) is 130 cm³/mol. The molecule has 0 fully saturated rings. The molecular formula is C25H17ClF2N6O3. The molecule has 0 spiro atoms. The predicted octanol–water partition coefficient (Wildman–Crippen LogP) is 4.12. The van der Waals surface area contributed by atoms with Crippen LogP contribution in [0.5, 0.6) is 0 Å². The van der Waals surface area contributed by atoms with E-state index in [4.69, 9.17) is 11.6 Å². The van der Waals surface area contributed by atoms with Crippen LogP contribution in [0.3, 0.4) is 0 Å². The first-order valence-electron chi connectivity index (χ1n) is 11.2. The van der Waals surface area contributed by atoms with Crippen LogP contribution in [0.2, 0.25) is 5.02 Å². The number of carbonyl (C=O) groups is 2. The Kier molecular flexibility index (Phi) is 5.39. The van der Waals surface area contributed by atoms with Gasteiger partial charge < -0.3 is 15.7 Å². The fraction of sp³-hybridized carbons (Fsp3) is 0.120. The van der Waals surface area contributed by atoms with E-state index in [1.807, 2.05) is 0 Å². The van der Waals surface area contributed by atoms with Crippen molar-refractivity contribution < 1.29 is 23.5 Å². The number of aliphatic hydroxyl groups excluding tert-OH is 1. The van der Waals surface area contributed by atoms with Gasteiger partial charge in [0, 0.05) is 27.3 Å². The van der Waals surface area contributed by atoms with Crippen LogP contribution in [0.4, 0.5) is 25.0 Å². The molecule has 0 bridgehead atoms. The summed E-state index contributed by atoms with van der Waals surface area (Å²) in [5.41, 5.74) is 2.26. The summed E-state index contributed by atoms with van der Waals surface area (Å²) in [5.74, 6) is -1.52. The van der Waals surface area contributed by atoms with Gasteiger partial charge in [0.25, 0.3) is 5.91 Å². The number of carbonyl (C=O) groups excluding carboxylic acids is 2. The Bertz CT molecular complexity index is 1580. The highest BCUT2D eigenvalue weighted by Gasteiger charge is 2.37. The lowest BCUT2D eigenvalue weighted by Crippen LogP contribution is -2.34. The first-order valence-corrected chi connectivity index (χ1v) is 11.5. The zero-order valence-electron chi connectivity index (χ0n) is 18.8. The van der Waals surface area contributed by atoms with Crippen LogP contribution in [-0.4, -0.2) is 38.6 Å². The highest BCUT2D eigenvalue weighted by atomic mass is 35.5. The Balaban J connectivity index is 1.46. The normalized spacial score (nSPS) is 17.9. The fourth-order valence-electron chi connectivity index (χ4n) is 4.75. The van der Waals surface area contributed by atoms with E-state index < -0.39 is 35.7 Å². The van der Waals surface area contributed by atoms with Gasteiger partial charge in [0.1, 0.15) is 11.6 Å². The lowest BCUT2D eigenvalue weighted by molar-refractivity contribution is 0.0960. The van der Waals surface area contributed by atoms with E-state index >= 15 is 0 Å². The molecule has 1 aromatic heterocycles. The van der Waals surface area contributed by atoms with Crippen LogP contribution >= 0.6 is 11.6 Å². The number of hydrogen-bond acceptors (Lipinski definition) is 5. The Morgan fingerprint density at radius 2 is 1.86 bits per heavy atom. The quantitative estimate of drug-likeness (QED) is 0.375. The summed E-state index contributed by atoms with van der Waals surface area (Å²) in [6, 6.07) is 9.33. The third-order valence-electron chi connectivity index (χ3n) is 6.41. The van der Waals surface area contributed by atoms with Gasteiger partial charge in [-0.25, -0.2) is 18.3 Å². The van der Waals surface area contributed by atoms with Gasteiger partial charge in [-0.05, 0) is 48.5 Å². The van der Waals surface area contributed by atoms with Crippen LogP contribution in [-0.2, 0) is 0 Å². The average molecular weight is 523 g/mol. The van der Waals surface area contributed by atoms with Crippen LogP contribution in [0.25, 0.3) is 5.69 Å². The zero-order valence-corrected chi connectivity index (χ0v) is 19.6. The van der Waals surface area contributed by atoms with Gasteiger partial charge in [-0.3, -0.25) is 9.69 Å². The number of halogens is 3. The zero-order chi connectivity index (χ0) is 25.8. The Morgan fingerprint density at radius 1 is 1.11 bits per heavy atom. The van der Waals surface area contributed by atoms with Crippen molar-refractivity contribution in [2.45, 2.75) is 12.1 Å². The van der Waals surface area contributed by atoms with Gasteiger partial charge in [0.05, 0.1) is 48.1 Å². The third-order valence-corrected chi connectivity index (χ3v) is 6.76. The highest BCUT2D eigenvalue weighted by Crippen LogP contribution is 2.41. The van der Waals surface area contributed by atoms with Gasteiger partial charge in [-0.2, -0.15) is 0 Å². The van der Waals surface area contributed by atoms with E-state index in [-0.39, 0.29) is 28.4 Å². The van der Waals surface area contributed by atoms with Gasteiger partial charge in [0.2, 0.25) is 0 Å². The van der Waals surface area contributed by atoms with Crippen LogP contribution in [0.15, 0.2) is 60.9 Å². The number of rotatable bonds is 3. The fourth-order valence-corrected chi connectivity index (χ4v) is 4.98. The number of benzene rings is 3. The Morgan fingerprint density at radius 3 is 2.62 bits per heavy atom. The number of amides is 3. The van der Waals surface area contributed by atoms with E-state index in [1.165, 1.54) is 52.2 Å². The molecule has 0 saturated heterocycles. The summed E-state index contributed by atoms with van der Waals surface area (Å²) in [4.78, 5) is 27.7. The van der Waals surface area contributed by atoms with Crippen molar-refractivity contribution in [3.63, 3.8) is 0 Å². The number of β-amino-alcohol motifs (C(OH)–C–C–N with tert-alkyl or cyclic N) is 1. The monoisotopic (exact) mass is 522 g/mol. The second kappa shape index (κ2) is 8.64. The van der Waals surface area contributed by atoms with Crippen molar-refractivity contribution in [1.82, 2.24) is 20.3 Å². The minimum absolute atomic E-state index is 0.0914. The van der Waals surface area contributed by atoms with Crippen molar-refractivity contribution in [2.24, 2.45) is 0 Å².